The molecule has 8 nitrogen and oxygen atoms in total. The largest absolute Gasteiger partial charge is 0.490 e. The molecule has 0 bridgehead atoms. The van der Waals surface area contributed by atoms with Gasteiger partial charge >= 0.3 is 16.1 Å². The number of carbonyl (C=O) groups is 2. The van der Waals surface area contributed by atoms with E-state index in [0.717, 1.165) is 11.8 Å². The standard InChI is InChI=1S/C22H21NO7S3/c1-2-29-17-11-6-8-15(20(17)30-33(27,28)16-9-4-3-5-10-16)14-18-21(26)23(22(31)32-18)13-7-12-19(24)25/h3-6,8-11,14H,2,7,12-13H2,1H3,(H,24,25). The van der Waals surface area contributed by atoms with Crippen molar-refractivity contribution in [3.05, 3.63) is 59.0 Å². The highest BCUT2D eigenvalue weighted by atomic mass is 32.2. The Balaban J connectivity index is 1.94. The van der Waals surface area contributed by atoms with E-state index >= 15 is 0 Å². The molecule has 1 N–H and O–H groups in total. The maximum Gasteiger partial charge on any atom is 0.339 e. The van der Waals surface area contributed by atoms with Crippen molar-refractivity contribution < 1.29 is 32.0 Å². The molecule has 174 valence electrons. The van der Waals surface area contributed by atoms with Crippen molar-refractivity contribution in [3.63, 3.8) is 0 Å². The minimum atomic E-state index is -4.16. The molecule has 0 spiro atoms. The van der Waals surface area contributed by atoms with Crippen LogP contribution in [0, 0.1) is 0 Å². The van der Waals surface area contributed by atoms with E-state index in [2.05, 4.69) is 0 Å². The molecular formula is C22H21NO7S3. The monoisotopic (exact) mass is 507 g/mol. The Bertz CT molecular complexity index is 1190. The summed E-state index contributed by atoms with van der Waals surface area (Å²) in [5.41, 5.74) is 0.325. The summed E-state index contributed by atoms with van der Waals surface area (Å²) in [6, 6.07) is 12.5. The van der Waals surface area contributed by atoms with Gasteiger partial charge in [-0.05, 0) is 37.6 Å². The number of carboxylic acids is 1. The van der Waals surface area contributed by atoms with Crippen LogP contribution in [0.25, 0.3) is 6.08 Å². The summed E-state index contributed by atoms with van der Waals surface area (Å²) in [5, 5.41) is 8.81. The van der Waals surface area contributed by atoms with E-state index in [-0.39, 0.29) is 53.2 Å². The van der Waals surface area contributed by atoms with Gasteiger partial charge in [-0.25, -0.2) is 0 Å². The van der Waals surface area contributed by atoms with Crippen molar-refractivity contribution in [3.8, 4) is 11.5 Å². The Morgan fingerprint density at radius 2 is 1.91 bits per heavy atom. The third-order valence-corrected chi connectivity index (χ3v) is 7.08. The van der Waals surface area contributed by atoms with Crippen LogP contribution in [-0.4, -0.2) is 47.8 Å². The van der Waals surface area contributed by atoms with Crippen LogP contribution in [0.2, 0.25) is 0 Å². The molecule has 2 aromatic rings. The number of thioether (sulfide) groups is 1. The van der Waals surface area contributed by atoms with E-state index in [4.69, 9.17) is 26.2 Å². The Hall–Kier alpha value is -2.89. The van der Waals surface area contributed by atoms with Gasteiger partial charge in [-0.3, -0.25) is 14.5 Å². The summed E-state index contributed by atoms with van der Waals surface area (Å²) < 4.78 is 37.0. The number of nitrogens with zero attached hydrogens (tertiary/aromatic N) is 1. The minimum absolute atomic E-state index is 0.0213. The lowest BCUT2D eigenvalue weighted by Gasteiger charge is -2.15. The number of aliphatic carboxylic acids is 1. The number of hydrogen-bond donors (Lipinski definition) is 1. The maximum atomic E-state index is 12.8. The molecule has 11 heteroatoms. The maximum absolute atomic E-state index is 12.8. The fourth-order valence-corrected chi connectivity index (χ4v) is 5.26. The van der Waals surface area contributed by atoms with Gasteiger partial charge in [0, 0.05) is 18.5 Å². The van der Waals surface area contributed by atoms with Gasteiger partial charge in [-0.1, -0.05) is 54.3 Å². The molecule has 1 heterocycles. The van der Waals surface area contributed by atoms with Crippen LogP contribution in [0.5, 0.6) is 11.5 Å². The van der Waals surface area contributed by atoms with E-state index in [0.29, 0.717) is 9.88 Å². The highest BCUT2D eigenvalue weighted by molar-refractivity contribution is 8.26. The molecule has 0 unspecified atom stereocenters. The Labute approximate surface area is 201 Å². The smallest absolute Gasteiger partial charge is 0.339 e. The van der Waals surface area contributed by atoms with Crippen molar-refractivity contribution in [1.29, 1.82) is 0 Å². The zero-order chi connectivity index (χ0) is 24.0. The predicted molar refractivity (Wildman–Crippen MR) is 129 cm³/mol. The summed E-state index contributed by atoms with van der Waals surface area (Å²) in [7, 11) is -4.16. The van der Waals surface area contributed by atoms with Crippen molar-refractivity contribution in [2.75, 3.05) is 13.2 Å². The fraction of sp³-hybridized carbons (Fsp3) is 0.227. The van der Waals surface area contributed by atoms with Crippen LogP contribution >= 0.6 is 24.0 Å². The normalized spacial score (nSPS) is 15.2. The number of para-hydroxylation sites is 1. The number of benzene rings is 2. The third kappa shape index (κ3) is 6.12. The molecule has 1 fully saturated rings. The predicted octanol–water partition coefficient (Wildman–Crippen LogP) is 3.92. The van der Waals surface area contributed by atoms with Crippen LogP contribution in [0.3, 0.4) is 0 Å². The molecule has 2 aromatic carbocycles. The number of ether oxygens (including phenoxy) is 1. The number of carbonyl (C=O) groups excluding carboxylic acids is 1. The summed E-state index contributed by atoms with van der Waals surface area (Å²) in [4.78, 5) is 25.2. The first-order valence-corrected chi connectivity index (χ1v) is 12.6. The number of amides is 1. The van der Waals surface area contributed by atoms with E-state index in [1.165, 1.54) is 23.1 Å². The topological polar surface area (TPSA) is 110 Å². The average Bonchev–Trinajstić information content (AvgIpc) is 3.04. The Kier molecular flexibility index (Phi) is 8.11. The van der Waals surface area contributed by atoms with Gasteiger partial charge < -0.3 is 14.0 Å². The molecule has 3 rings (SSSR count). The van der Waals surface area contributed by atoms with Crippen LogP contribution in [0.1, 0.15) is 25.3 Å². The third-order valence-electron chi connectivity index (χ3n) is 4.47. The number of thiocarbonyl (C=S) groups is 1. The highest BCUT2D eigenvalue weighted by Gasteiger charge is 2.32. The van der Waals surface area contributed by atoms with Crippen molar-refractivity contribution in [1.82, 2.24) is 4.90 Å². The SMILES string of the molecule is CCOc1cccc(C=C2SC(=S)N(CCCC(=O)O)C2=O)c1OS(=O)(=O)c1ccccc1. The first-order valence-electron chi connectivity index (χ1n) is 9.95. The van der Waals surface area contributed by atoms with Gasteiger partial charge in [0.25, 0.3) is 5.91 Å². The summed E-state index contributed by atoms with van der Waals surface area (Å²) >= 11 is 6.32. The molecule has 0 aliphatic carbocycles. The summed E-state index contributed by atoms with van der Waals surface area (Å²) in [6.07, 6.45) is 1.68. The summed E-state index contributed by atoms with van der Waals surface area (Å²) in [5.74, 6) is -1.17. The first kappa shape index (κ1) is 24.7. The van der Waals surface area contributed by atoms with Crippen LogP contribution < -0.4 is 8.92 Å². The molecule has 33 heavy (non-hydrogen) atoms. The van der Waals surface area contributed by atoms with Crippen LogP contribution in [0.15, 0.2) is 58.3 Å². The van der Waals surface area contributed by atoms with E-state index in [1.54, 1.807) is 43.3 Å². The molecule has 1 amide bonds. The lowest BCUT2D eigenvalue weighted by molar-refractivity contribution is -0.137. The van der Waals surface area contributed by atoms with Crippen LogP contribution in [0.4, 0.5) is 0 Å². The zero-order valence-corrected chi connectivity index (χ0v) is 20.0. The minimum Gasteiger partial charge on any atom is -0.490 e. The van der Waals surface area contributed by atoms with Gasteiger partial charge in [-0.2, -0.15) is 8.42 Å². The van der Waals surface area contributed by atoms with E-state index in [9.17, 15) is 18.0 Å². The fourth-order valence-electron chi connectivity index (χ4n) is 2.97. The quantitative estimate of drug-likeness (QED) is 0.291. The first-order chi connectivity index (χ1) is 15.7. The van der Waals surface area contributed by atoms with Gasteiger partial charge in [0.15, 0.2) is 11.5 Å². The summed E-state index contributed by atoms with van der Waals surface area (Å²) in [6.45, 7) is 2.21. The second-order valence-electron chi connectivity index (χ2n) is 6.79. The lowest BCUT2D eigenvalue weighted by atomic mass is 10.1. The molecule has 0 saturated carbocycles. The van der Waals surface area contributed by atoms with Gasteiger partial charge in [-0.15, -0.1) is 0 Å². The molecule has 0 aromatic heterocycles. The Morgan fingerprint density at radius 3 is 2.58 bits per heavy atom. The number of rotatable bonds is 10. The van der Waals surface area contributed by atoms with Crippen LogP contribution in [-0.2, 0) is 19.7 Å². The lowest BCUT2D eigenvalue weighted by Crippen LogP contribution is -2.29. The van der Waals surface area contributed by atoms with Gasteiger partial charge in [0.05, 0.1) is 11.5 Å². The number of hydrogen-bond acceptors (Lipinski definition) is 8. The molecule has 1 aliphatic rings. The molecular weight excluding hydrogens is 486 g/mol. The van der Waals surface area contributed by atoms with Gasteiger partial charge in [0.1, 0.15) is 9.22 Å². The molecule has 1 aliphatic heterocycles. The molecule has 1 saturated heterocycles. The molecule has 0 atom stereocenters. The molecule has 0 radical (unpaired) electrons. The second-order valence-corrected chi connectivity index (χ2v) is 10.0. The number of carboxylic acid groups (broad SMARTS) is 1. The highest BCUT2D eigenvalue weighted by Crippen LogP contribution is 2.39. The van der Waals surface area contributed by atoms with E-state index in [1.807, 2.05) is 0 Å². The van der Waals surface area contributed by atoms with E-state index < -0.39 is 16.1 Å². The van der Waals surface area contributed by atoms with Crippen molar-refractivity contribution >= 4 is 56.4 Å². The second kappa shape index (κ2) is 10.8. The Morgan fingerprint density at radius 1 is 1.18 bits per heavy atom. The zero-order valence-electron chi connectivity index (χ0n) is 17.6. The van der Waals surface area contributed by atoms with Crippen molar-refractivity contribution in [2.45, 2.75) is 24.7 Å². The average molecular weight is 508 g/mol. The van der Waals surface area contributed by atoms with Crippen molar-refractivity contribution in [2.24, 2.45) is 0 Å². The van der Waals surface area contributed by atoms with Gasteiger partial charge in [0.2, 0.25) is 0 Å².